The highest BCUT2D eigenvalue weighted by Gasteiger charge is 2.19. The third-order valence-electron chi connectivity index (χ3n) is 1.71. The number of H-pyrrole nitrogens is 1. The molecule has 0 amide bonds. The van der Waals surface area contributed by atoms with Gasteiger partial charge in [-0.1, -0.05) is 0 Å². The summed E-state index contributed by atoms with van der Waals surface area (Å²) in [6.45, 7) is 6.57. The van der Waals surface area contributed by atoms with Crippen LogP contribution < -0.4 is 11.2 Å². The third kappa shape index (κ3) is 2.82. The summed E-state index contributed by atoms with van der Waals surface area (Å²) in [5.74, 6) is 0. The molecule has 1 aromatic rings. The van der Waals surface area contributed by atoms with Gasteiger partial charge in [-0.05, 0) is 27.7 Å². The second-order valence-corrected chi connectivity index (χ2v) is 4.42. The molecule has 0 aliphatic heterocycles. The Hall–Kier alpha value is -1.85. The molecule has 0 saturated carbocycles. The Bertz CT molecular complexity index is 519. The van der Waals surface area contributed by atoms with Gasteiger partial charge in [-0.15, -0.1) is 0 Å². The number of nitrogens with one attached hydrogen (secondary N) is 1. The molecule has 1 aromatic heterocycles. The number of nitrogens with zero attached hydrogens (tertiary/aromatic N) is 1. The fourth-order valence-corrected chi connectivity index (χ4v) is 1.01. The highest BCUT2D eigenvalue weighted by Crippen LogP contribution is 2.07. The second kappa shape index (κ2) is 3.96. The van der Waals surface area contributed by atoms with Gasteiger partial charge in [0.2, 0.25) is 0 Å². The van der Waals surface area contributed by atoms with Gasteiger partial charge in [-0.25, -0.2) is 14.2 Å². The van der Waals surface area contributed by atoms with Crippen LogP contribution in [0.3, 0.4) is 0 Å². The first-order chi connectivity index (χ1) is 7.20. The lowest BCUT2D eigenvalue weighted by Gasteiger charge is -2.19. The Labute approximate surface area is 91.9 Å². The minimum absolute atomic E-state index is 0.269. The molecular formula is C10H14N2O4. The van der Waals surface area contributed by atoms with Gasteiger partial charge < -0.3 is 4.74 Å². The molecule has 16 heavy (non-hydrogen) atoms. The number of ether oxygens (including phenoxy) is 1. The standard InChI is InChI=1S/C10H14N2O4/c1-6-5-12(8(14)11-7(6)13)9(15)16-10(2,3)4/h5H,1-4H3,(H,11,13,14). The van der Waals surface area contributed by atoms with Crippen LogP contribution in [0, 0.1) is 6.92 Å². The summed E-state index contributed by atoms with van der Waals surface area (Å²) in [5.41, 5.74) is -1.74. The van der Waals surface area contributed by atoms with Gasteiger partial charge in [0.1, 0.15) is 5.60 Å². The van der Waals surface area contributed by atoms with Crippen molar-refractivity contribution in [2.75, 3.05) is 0 Å². The van der Waals surface area contributed by atoms with Crippen LogP contribution in [-0.4, -0.2) is 21.2 Å². The van der Waals surface area contributed by atoms with Crippen LogP contribution >= 0.6 is 0 Å². The van der Waals surface area contributed by atoms with Gasteiger partial charge >= 0.3 is 11.8 Å². The van der Waals surface area contributed by atoms with Crippen molar-refractivity contribution in [3.8, 4) is 0 Å². The van der Waals surface area contributed by atoms with E-state index in [-0.39, 0.29) is 5.56 Å². The topological polar surface area (TPSA) is 81.2 Å². The SMILES string of the molecule is Cc1cn(C(=O)OC(C)(C)C)c(=O)[nH]c1=O. The van der Waals surface area contributed by atoms with Crippen LogP contribution in [0.15, 0.2) is 15.8 Å². The van der Waals surface area contributed by atoms with Crippen molar-refractivity contribution in [1.82, 2.24) is 9.55 Å². The summed E-state index contributed by atoms with van der Waals surface area (Å²) in [4.78, 5) is 36.0. The van der Waals surface area contributed by atoms with E-state index < -0.39 is 22.9 Å². The van der Waals surface area contributed by atoms with Crippen LogP contribution in [0.1, 0.15) is 26.3 Å². The molecule has 0 radical (unpaired) electrons. The second-order valence-electron chi connectivity index (χ2n) is 4.42. The van der Waals surface area contributed by atoms with Crippen molar-refractivity contribution in [3.05, 3.63) is 32.6 Å². The number of rotatable bonds is 0. The van der Waals surface area contributed by atoms with Crippen LogP contribution in [-0.2, 0) is 4.74 Å². The van der Waals surface area contributed by atoms with Gasteiger partial charge in [-0.2, -0.15) is 0 Å². The molecular weight excluding hydrogens is 212 g/mol. The molecule has 0 aromatic carbocycles. The first-order valence-electron chi connectivity index (χ1n) is 4.76. The predicted molar refractivity (Wildman–Crippen MR) is 57.7 cm³/mol. The molecule has 1 rings (SSSR count). The zero-order valence-corrected chi connectivity index (χ0v) is 9.66. The van der Waals surface area contributed by atoms with Crippen LogP contribution in [0.5, 0.6) is 0 Å². The van der Waals surface area contributed by atoms with Crippen molar-refractivity contribution in [2.45, 2.75) is 33.3 Å². The average molecular weight is 226 g/mol. The number of aromatic nitrogens is 2. The van der Waals surface area contributed by atoms with E-state index in [1.807, 2.05) is 4.98 Å². The monoisotopic (exact) mass is 226 g/mol. The summed E-state index contributed by atoms with van der Waals surface area (Å²) in [7, 11) is 0. The molecule has 6 heteroatoms. The molecule has 0 spiro atoms. The highest BCUT2D eigenvalue weighted by atomic mass is 16.6. The molecule has 0 bridgehead atoms. The van der Waals surface area contributed by atoms with Crippen LogP contribution in [0.25, 0.3) is 0 Å². The minimum atomic E-state index is -0.808. The lowest BCUT2D eigenvalue weighted by atomic mass is 10.2. The molecule has 1 heterocycles. The summed E-state index contributed by atoms with van der Waals surface area (Å²) >= 11 is 0. The minimum Gasteiger partial charge on any atom is -0.443 e. The quantitative estimate of drug-likeness (QED) is 0.703. The van der Waals surface area contributed by atoms with E-state index in [0.29, 0.717) is 0 Å². The first kappa shape index (κ1) is 12.2. The van der Waals surface area contributed by atoms with E-state index in [1.165, 1.54) is 6.92 Å². The Balaban J connectivity index is 3.15. The number of carbonyl (C=O) groups is 1. The van der Waals surface area contributed by atoms with E-state index >= 15 is 0 Å². The lowest BCUT2D eigenvalue weighted by molar-refractivity contribution is 0.0527. The number of carbonyl (C=O) groups excluding carboxylic acids is 1. The van der Waals surface area contributed by atoms with Crippen molar-refractivity contribution < 1.29 is 9.53 Å². The molecule has 0 saturated heterocycles. The van der Waals surface area contributed by atoms with Gasteiger partial charge in [-0.3, -0.25) is 9.78 Å². The number of hydrogen-bond acceptors (Lipinski definition) is 4. The Morgan fingerprint density at radius 1 is 1.38 bits per heavy atom. The molecule has 0 unspecified atom stereocenters. The van der Waals surface area contributed by atoms with Gasteiger partial charge in [0.05, 0.1) is 0 Å². The van der Waals surface area contributed by atoms with E-state index in [9.17, 15) is 14.4 Å². The van der Waals surface area contributed by atoms with Gasteiger partial charge in [0.25, 0.3) is 5.56 Å². The Kier molecular flexibility index (Phi) is 3.02. The molecule has 0 atom stereocenters. The maximum atomic E-state index is 11.6. The van der Waals surface area contributed by atoms with Gasteiger partial charge in [0, 0.05) is 11.8 Å². The van der Waals surface area contributed by atoms with E-state index in [4.69, 9.17) is 4.74 Å². The maximum Gasteiger partial charge on any atom is 0.422 e. The lowest BCUT2D eigenvalue weighted by Crippen LogP contribution is -2.38. The van der Waals surface area contributed by atoms with E-state index in [0.717, 1.165) is 10.8 Å². The van der Waals surface area contributed by atoms with Crippen molar-refractivity contribution in [3.63, 3.8) is 0 Å². The van der Waals surface area contributed by atoms with Crippen LogP contribution in [0.2, 0.25) is 0 Å². The number of aryl methyl sites for hydroxylation is 1. The van der Waals surface area contributed by atoms with Crippen molar-refractivity contribution in [2.24, 2.45) is 0 Å². The summed E-state index contributed by atoms with van der Waals surface area (Å²) in [6.07, 6.45) is 0.353. The normalized spacial score (nSPS) is 11.2. The molecule has 0 aliphatic rings. The predicted octanol–water partition coefficient (Wildman–Crippen LogP) is 0.628. The van der Waals surface area contributed by atoms with Gasteiger partial charge in [0.15, 0.2) is 0 Å². The smallest absolute Gasteiger partial charge is 0.422 e. The molecule has 88 valence electrons. The molecule has 1 N–H and O–H groups in total. The zero-order chi connectivity index (χ0) is 12.5. The van der Waals surface area contributed by atoms with Crippen molar-refractivity contribution >= 4 is 6.09 Å². The zero-order valence-electron chi connectivity index (χ0n) is 9.66. The summed E-state index contributed by atoms with van der Waals surface area (Å²) in [5, 5.41) is 0. The fraction of sp³-hybridized carbons (Fsp3) is 0.500. The Morgan fingerprint density at radius 2 is 1.94 bits per heavy atom. The highest BCUT2D eigenvalue weighted by molar-refractivity contribution is 5.70. The maximum absolute atomic E-state index is 11.6. The van der Waals surface area contributed by atoms with Crippen LogP contribution in [0.4, 0.5) is 4.79 Å². The van der Waals surface area contributed by atoms with E-state index in [2.05, 4.69) is 0 Å². The molecule has 0 fully saturated rings. The summed E-state index contributed by atoms with van der Waals surface area (Å²) < 4.78 is 5.74. The van der Waals surface area contributed by atoms with Crippen molar-refractivity contribution in [1.29, 1.82) is 0 Å². The number of aromatic amines is 1. The van der Waals surface area contributed by atoms with E-state index in [1.54, 1.807) is 20.8 Å². The fourth-order valence-electron chi connectivity index (χ4n) is 1.01. The Morgan fingerprint density at radius 3 is 2.44 bits per heavy atom. The molecule has 6 nitrogen and oxygen atoms in total. The first-order valence-corrected chi connectivity index (χ1v) is 4.76. The average Bonchev–Trinajstić information content (AvgIpc) is 2.08. The largest absolute Gasteiger partial charge is 0.443 e. The summed E-state index contributed by atoms with van der Waals surface area (Å²) in [6, 6.07) is 0. The third-order valence-corrected chi connectivity index (χ3v) is 1.71. The number of hydrogen-bond donors (Lipinski definition) is 1. The molecule has 0 aliphatic carbocycles.